The second-order valence-electron chi connectivity index (χ2n) is 5.13. The van der Waals surface area contributed by atoms with Crippen molar-refractivity contribution >= 4 is 44.6 Å². The van der Waals surface area contributed by atoms with Crippen molar-refractivity contribution in [2.45, 2.75) is 17.7 Å². The van der Waals surface area contributed by atoms with Crippen LogP contribution in [0.5, 0.6) is 0 Å². The van der Waals surface area contributed by atoms with E-state index < -0.39 is 16.0 Å². The molecule has 3 rings (SSSR count). The number of methoxy groups -OCH3 is 1. The number of hydrogen-bond acceptors (Lipinski definition) is 6. The molecular formula is C15H14N2O5S2. The molecule has 2 N–H and O–H groups in total. The number of nitrogens with one attached hydrogen (secondary N) is 2. The van der Waals surface area contributed by atoms with Gasteiger partial charge in [-0.05, 0) is 41.6 Å². The molecule has 0 radical (unpaired) electrons. The van der Waals surface area contributed by atoms with Gasteiger partial charge in [0.2, 0.25) is 5.91 Å². The maximum Gasteiger partial charge on any atom is 0.349 e. The first-order valence-electron chi connectivity index (χ1n) is 7.02. The Morgan fingerprint density at radius 1 is 1.29 bits per heavy atom. The number of thiophene rings is 1. The Balaban J connectivity index is 1.89. The van der Waals surface area contributed by atoms with E-state index in [1.807, 2.05) is 0 Å². The van der Waals surface area contributed by atoms with Gasteiger partial charge < -0.3 is 10.1 Å². The van der Waals surface area contributed by atoms with Gasteiger partial charge in [0.25, 0.3) is 10.0 Å². The summed E-state index contributed by atoms with van der Waals surface area (Å²) in [7, 11) is -2.72. The van der Waals surface area contributed by atoms with E-state index in [1.54, 1.807) is 18.2 Å². The summed E-state index contributed by atoms with van der Waals surface area (Å²) in [6.45, 7) is 0. The SMILES string of the molecule is COC(=O)c1sccc1S(=O)(=O)Nc1ccc2c(c1)CCC(=O)N2. The van der Waals surface area contributed by atoms with Crippen molar-refractivity contribution in [2.75, 3.05) is 17.1 Å². The molecule has 1 aliphatic heterocycles. The molecular weight excluding hydrogens is 352 g/mol. The van der Waals surface area contributed by atoms with Gasteiger partial charge in [0, 0.05) is 17.8 Å². The van der Waals surface area contributed by atoms with Crippen molar-refractivity contribution in [2.24, 2.45) is 0 Å². The molecule has 0 atom stereocenters. The van der Waals surface area contributed by atoms with E-state index in [4.69, 9.17) is 0 Å². The number of esters is 1. The number of fused-ring (bicyclic) bond motifs is 1. The average molecular weight is 366 g/mol. The molecule has 1 amide bonds. The van der Waals surface area contributed by atoms with Crippen molar-refractivity contribution in [3.8, 4) is 0 Å². The molecule has 7 nitrogen and oxygen atoms in total. The minimum absolute atomic E-state index is 0.0234. The minimum Gasteiger partial charge on any atom is -0.465 e. The third kappa shape index (κ3) is 3.13. The van der Waals surface area contributed by atoms with Gasteiger partial charge >= 0.3 is 5.97 Å². The lowest BCUT2D eigenvalue weighted by atomic mass is 10.0. The molecule has 0 fully saturated rings. The Bertz CT molecular complexity index is 918. The molecule has 0 spiro atoms. The van der Waals surface area contributed by atoms with Crippen LogP contribution < -0.4 is 10.0 Å². The molecule has 0 aliphatic carbocycles. The third-order valence-corrected chi connectivity index (χ3v) is 5.99. The molecule has 24 heavy (non-hydrogen) atoms. The van der Waals surface area contributed by atoms with Crippen molar-refractivity contribution in [3.05, 3.63) is 40.1 Å². The molecule has 1 aromatic heterocycles. The zero-order valence-electron chi connectivity index (χ0n) is 12.7. The summed E-state index contributed by atoms with van der Waals surface area (Å²) in [5.74, 6) is -0.754. The van der Waals surface area contributed by atoms with E-state index in [1.165, 1.54) is 18.6 Å². The van der Waals surface area contributed by atoms with Crippen LogP contribution in [-0.2, 0) is 26.0 Å². The number of sulfonamides is 1. The average Bonchev–Trinajstić information content (AvgIpc) is 3.04. The summed E-state index contributed by atoms with van der Waals surface area (Å²) < 4.78 is 32.1. The van der Waals surface area contributed by atoms with Gasteiger partial charge in [-0.2, -0.15) is 0 Å². The molecule has 2 aromatic rings. The van der Waals surface area contributed by atoms with Crippen LogP contribution >= 0.6 is 11.3 Å². The highest BCUT2D eigenvalue weighted by Crippen LogP contribution is 2.29. The van der Waals surface area contributed by atoms with Gasteiger partial charge in [-0.3, -0.25) is 9.52 Å². The van der Waals surface area contributed by atoms with Gasteiger partial charge in [0.05, 0.1) is 7.11 Å². The Labute approximate surface area is 142 Å². The lowest BCUT2D eigenvalue weighted by Gasteiger charge is -2.18. The summed E-state index contributed by atoms with van der Waals surface area (Å²) in [4.78, 5) is 22.9. The summed E-state index contributed by atoms with van der Waals surface area (Å²) >= 11 is 1.00. The highest BCUT2D eigenvalue weighted by molar-refractivity contribution is 7.93. The number of anilines is 2. The monoisotopic (exact) mass is 366 g/mol. The summed E-state index contributed by atoms with van der Waals surface area (Å²) in [5, 5.41) is 4.25. The van der Waals surface area contributed by atoms with E-state index in [9.17, 15) is 18.0 Å². The summed E-state index contributed by atoms with van der Waals surface area (Å²) in [5.41, 5.74) is 1.90. The molecule has 9 heteroatoms. The van der Waals surface area contributed by atoms with Crippen LogP contribution in [0.25, 0.3) is 0 Å². The number of aryl methyl sites for hydroxylation is 1. The van der Waals surface area contributed by atoms with Gasteiger partial charge in [0.1, 0.15) is 9.77 Å². The zero-order chi connectivity index (χ0) is 17.3. The van der Waals surface area contributed by atoms with Crippen LogP contribution in [0.3, 0.4) is 0 Å². The van der Waals surface area contributed by atoms with Crippen molar-refractivity contribution < 1.29 is 22.7 Å². The number of ether oxygens (including phenoxy) is 1. The van der Waals surface area contributed by atoms with E-state index >= 15 is 0 Å². The van der Waals surface area contributed by atoms with Crippen molar-refractivity contribution in [1.29, 1.82) is 0 Å². The van der Waals surface area contributed by atoms with E-state index in [-0.39, 0.29) is 15.7 Å². The Morgan fingerprint density at radius 3 is 2.83 bits per heavy atom. The first-order chi connectivity index (χ1) is 11.4. The predicted octanol–water partition coefficient (Wildman–Crippen LogP) is 2.22. The lowest BCUT2D eigenvalue weighted by molar-refractivity contribution is -0.116. The Morgan fingerprint density at radius 2 is 2.08 bits per heavy atom. The first-order valence-corrected chi connectivity index (χ1v) is 9.38. The number of hydrogen-bond donors (Lipinski definition) is 2. The first kappa shape index (κ1) is 16.5. The van der Waals surface area contributed by atoms with E-state index in [0.717, 1.165) is 16.9 Å². The number of rotatable bonds is 4. The molecule has 2 heterocycles. The van der Waals surface area contributed by atoms with E-state index in [0.29, 0.717) is 24.2 Å². The largest absolute Gasteiger partial charge is 0.465 e. The number of carbonyl (C=O) groups excluding carboxylic acids is 2. The fraction of sp³-hybridized carbons (Fsp3) is 0.200. The highest BCUT2D eigenvalue weighted by Gasteiger charge is 2.25. The quantitative estimate of drug-likeness (QED) is 0.808. The molecule has 1 aliphatic rings. The molecule has 0 bridgehead atoms. The van der Waals surface area contributed by atoms with Gasteiger partial charge in [-0.25, -0.2) is 13.2 Å². The van der Waals surface area contributed by atoms with Crippen LogP contribution in [-0.4, -0.2) is 27.4 Å². The van der Waals surface area contributed by atoms with Crippen LogP contribution in [0, 0.1) is 0 Å². The second kappa shape index (κ2) is 6.25. The number of amides is 1. The fourth-order valence-electron chi connectivity index (χ4n) is 2.41. The zero-order valence-corrected chi connectivity index (χ0v) is 14.3. The molecule has 0 saturated heterocycles. The summed E-state index contributed by atoms with van der Waals surface area (Å²) in [6.07, 6.45) is 0.906. The van der Waals surface area contributed by atoms with Crippen LogP contribution in [0.1, 0.15) is 21.7 Å². The maximum atomic E-state index is 12.5. The van der Waals surface area contributed by atoms with Crippen molar-refractivity contribution in [3.63, 3.8) is 0 Å². The molecule has 126 valence electrons. The van der Waals surface area contributed by atoms with Crippen LogP contribution in [0.4, 0.5) is 11.4 Å². The topological polar surface area (TPSA) is 102 Å². The second-order valence-corrected chi connectivity index (χ2v) is 7.70. The van der Waals surface area contributed by atoms with Crippen LogP contribution in [0.15, 0.2) is 34.5 Å². The minimum atomic E-state index is -3.92. The maximum absolute atomic E-state index is 12.5. The van der Waals surface area contributed by atoms with Crippen molar-refractivity contribution in [1.82, 2.24) is 0 Å². The molecule has 0 unspecified atom stereocenters. The molecule has 0 saturated carbocycles. The highest BCUT2D eigenvalue weighted by atomic mass is 32.2. The van der Waals surface area contributed by atoms with Gasteiger partial charge in [-0.15, -0.1) is 11.3 Å². The fourth-order valence-corrected chi connectivity index (χ4v) is 4.79. The lowest BCUT2D eigenvalue weighted by Crippen LogP contribution is -2.20. The Hall–Kier alpha value is -2.39. The van der Waals surface area contributed by atoms with Gasteiger partial charge in [0.15, 0.2) is 0 Å². The number of carbonyl (C=O) groups is 2. The Kier molecular flexibility index (Phi) is 4.29. The third-order valence-electron chi connectivity index (χ3n) is 3.54. The molecule has 1 aromatic carbocycles. The number of benzene rings is 1. The van der Waals surface area contributed by atoms with Gasteiger partial charge in [-0.1, -0.05) is 0 Å². The normalized spacial score (nSPS) is 13.8. The summed E-state index contributed by atoms with van der Waals surface area (Å²) in [6, 6.07) is 6.25. The van der Waals surface area contributed by atoms with Crippen LogP contribution in [0.2, 0.25) is 0 Å². The smallest absolute Gasteiger partial charge is 0.349 e. The van der Waals surface area contributed by atoms with E-state index in [2.05, 4.69) is 14.8 Å². The predicted molar refractivity (Wildman–Crippen MR) is 89.9 cm³/mol. The standard InChI is InChI=1S/C15H14N2O5S2/c1-22-15(19)14-12(6-7-23-14)24(20,21)17-10-3-4-11-9(8-10)2-5-13(18)16-11/h3-4,6-8,17H,2,5H2,1H3,(H,16,18).